The van der Waals surface area contributed by atoms with Gasteiger partial charge >= 0.3 is 5.63 Å². The SMILES string of the molecule is Cn1ncnc1C1c2n[nH]c(=O)c3cc(F)cc(c23)NC1c1ccc2oc(=O)ccc2c1. The fourth-order valence-electron chi connectivity index (χ4n) is 4.45. The first-order valence-corrected chi connectivity index (χ1v) is 9.85. The third kappa shape index (κ3) is 2.66. The quantitative estimate of drug-likeness (QED) is 0.413. The lowest BCUT2D eigenvalue weighted by atomic mass is 9.83. The topological polar surface area (TPSA) is 119 Å². The fraction of sp³-hybridized carbons (Fsp3) is 0.136. The van der Waals surface area contributed by atoms with Gasteiger partial charge in [0.2, 0.25) is 0 Å². The number of benzene rings is 2. The van der Waals surface area contributed by atoms with Crippen molar-refractivity contribution in [2.75, 3.05) is 5.32 Å². The van der Waals surface area contributed by atoms with Crippen LogP contribution in [0, 0.1) is 5.82 Å². The number of anilines is 1. The van der Waals surface area contributed by atoms with E-state index in [1.54, 1.807) is 23.9 Å². The fourth-order valence-corrected chi connectivity index (χ4v) is 4.45. The summed E-state index contributed by atoms with van der Waals surface area (Å²) in [5.74, 6) is -0.343. The normalized spacial score (nSPS) is 17.6. The van der Waals surface area contributed by atoms with Gasteiger partial charge in [0.15, 0.2) is 0 Å². The Morgan fingerprint density at radius 3 is 2.81 bits per heavy atom. The van der Waals surface area contributed by atoms with E-state index in [4.69, 9.17) is 4.42 Å². The molecule has 5 aromatic rings. The number of aryl methyl sites for hydroxylation is 1. The number of hydrogen-bond acceptors (Lipinski definition) is 7. The monoisotopic (exact) mass is 430 g/mol. The van der Waals surface area contributed by atoms with Gasteiger partial charge in [0.05, 0.1) is 23.0 Å². The molecule has 0 saturated carbocycles. The summed E-state index contributed by atoms with van der Waals surface area (Å²) in [4.78, 5) is 28.4. The van der Waals surface area contributed by atoms with Gasteiger partial charge in [0, 0.05) is 29.6 Å². The average molecular weight is 430 g/mol. The molecule has 32 heavy (non-hydrogen) atoms. The minimum Gasteiger partial charge on any atom is -0.423 e. The largest absolute Gasteiger partial charge is 0.423 e. The number of aromatic nitrogens is 5. The number of nitrogens with one attached hydrogen (secondary N) is 2. The first-order chi connectivity index (χ1) is 15.5. The third-order valence-electron chi connectivity index (χ3n) is 5.85. The van der Waals surface area contributed by atoms with E-state index >= 15 is 0 Å². The molecule has 4 heterocycles. The van der Waals surface area contributed by atoms with Gasteiger partial charge in [-0.2, -0.15) is 10.2 Å². The molecule has 1 aliphatic rings. The van der Waals surface area contributed by atoms with Gasteiger partial charge in [-0.3, -0.25) is 9.48 Å². The molecule has 3 aromatic heterocycles. The van der Waals surface area contributed by atoms with Crippen LogP contribution in [0.5, 0.6) is 0 Å². The summed E-state index contributed by atoms with van der Waals surface area (Å²) in [6, 6.07) is 10.6. The number of hydrogen-bond donors (Lipinski definition) is 2. The predicted molar refractivity (Wildman–Crippen MR) is 114 cm³/mol. The van der Waals surface area contributed by atoms with Crippen LogP contribution in [0.25, 0.3) is 21.7 Å². The highest BCUT2D eigenvalue weighted by molar-refractivity contribution is 5.97. The van der Waals surface area contributed by atoms with Crippen molar-refractivity contribution in [3.05, 3.63) is 92.5 Å². The molecule has 0 amide bonds. The highest BCUT2D eigenvalue weighted by Gasteiger charge is 2.37. The van der Waals surface area contributed by atoms with Crippen LogP contribution >= 0.6 is 0 Å². The minimum absolute atomic E-state index is 0.211. The molecule has 0 bridgehead atoms. The van der Waals surface area contributed by atoms with Gasteiger partial charge in [-0.05, 0) is 35.9 Å². The maximum Gasteiger partial charge on any atom is 0.336 e. The van der Waals surface area contributed by atoms with Crippen LogP contribution in [0.15, 0.2) is 62.8 Å². The molecule has 10 heteroatoms. The highest BCUT2D eigenvalue weighted by Crippen LogP contribution is 2.46. The molecule has 9 nitrogen and oxygen atoms in total. The Kier molecular flexibility index (Phi) is 3.79. The Morgan fingerprint density at radius 2 is 2.00 bits per heavy atom. The molecule has 0 fully saturated rings. The zero-order valence-corrected chi connectivity index (χ0v) is 16.7. The molecular formula is C22H15FN6O3. The Labute approximate surface area is 178 Å². The zero-order valence-electron chi connectivity index (χ0n) is 16.7. The summed E-state index contributed by atoms with van der Waals surface area (Å²) in [5.41, 5.74) is 1.44. The van der Waals surface area contributed by atoms with E-state index < -0.39 is 29.0 Å². The second-order valence-corrected chi connectivity index (χ2v) is 7.71. The smallest absolute Gasteiger partial charge is 0.336 e. The van der Waals surface area contributed by atoms with Crippen LogP contribution in [0.1, 0.15) is 29.0 Å². The van der Waals surface area contributed by atoms with Gasteiger partial charge in [0.25, 0.3) is 5.56 Å². The minimum atomic E-state index is -0.529. The number of nitrogens with zero attached hydrogens (tertiary/aromatic N) is 4. The Morgan fingerprint density at radius 1 is 1.12 bits per heavy atom. The lowest BCUT2D eigenvalue weighted by molar-refractivity contribution is 0.557. The van der Waals surface area contributed by atoms with Crippen molar-refractivity contribution in [3.63, 3.8) is 0 Å². The van der Waals surface area contributed by atoms with Crippen LogP contribution in [0.3, 0.4) is 0 Å². The average Bonchev–Trinajstić information content (AvgIpc) is 3.20. The maximum absolute atomic E-state index is 14.3. The number of H-pyrrole nitrogens is 1. The lowest BCUT2D eigenvalue weighted by Gasteiger charge is -2.33. The van der Waals surface area contributed by atoms with Crippen molar-refractivity contribution in [2.45, 2.75) is 12.0 Å². The van der Waals surface area contributed by atoms with Gasteiger partial charge in [-0.1, -0.05) is 6.07 Å². The van der Waals surface area contributed by atoms with E-state index in [-0.39, 0.29) is 5.39 Å². The molecule has 0 radical (unpaired) electrons. The Balaban J connectivity index is 1.64. The third-order valence-corrected chi connectivity index (χ3v) is 5.85. The summed E-state index contributed by atoms with van der Waals surface area (Å²) in [5, 5.41) is 15.9. The van der Waals surface area contributed by atoms with Crippen molar-refractivity contribution in [1.82, 2.24) is 25.0 Å². The van der Waals surface area contributed by atoms with Crippen molar-refractivity contribution in [2.24, 2.45) is 7.05 Å². The number of rotatable bonds is 2. The van der Waals surface area contributed by atoms with Gasteiger partial charge in [0.1, 0.15) is 23.6 Å². The highest BCUT2D eigenvalue weighted by atomic mass is 19.1. The first-order valence-electron chi connectivity index (χ1n) is 9.85. The van der Waals surface area contributed by atoms with E-state index in [1.807, 2.05) is 12.1 Å². The second kappa shape index (κ2) is 6.58. The van der Waals surface area contributed by atoms with E-state index in [0.29, 0.717) is 28.2 Å². The molecule has 2 aromatic carbocycles. The van der Waals surface area contributed by atoms with Crippen molar-refractivity contribution in [3.8, 4) is 0 Å². The summed E-state index contributed by atoms with van der Waals surface area (Å²) in [6.45, 7) is 0. The van der Waals surface area contributed by atoms with Crippen LogP contribution in [0.2, 0.25) is 0 Å². The first kappa shape index (κ1) is 18.4. The predicted octanol–water partition coefficient (Wildman–Crippen LogP) is 2.60. The van der Waals surface area contributed by atoms with Crippen molar-refractivity contribution in [1.29, 1.82) is 0 Å². The summed E-state index contributed by atoms with van der Waals surface area (Å²) >= 11 is 0. The molecule has 0 saturated heterocycles. The van der Waals surface area contributed by atoms with E-state index in [2.05, 4.69) is 25.6 Å². The molecule has 2 atom stereocenters. The second-order valence-electron chi connectivity index (χ2n) is 7.71. The number of halogens is 1. The van der Waals surface area contributed by atoms with Crippen LogP contribution in [-0.2, 0) is 7.05 Å². The molecule has 2 N–H and O–H groups in total. The molecule has 1 aliphatic heterocycles. The maximum atomic E-state index is 14.3. The molecule has 158 valence electrons. The number of aromatic amines is 1. The van der Waals surface area contributed by atoms with Gasteiger partial charge in [-0.25, -0.2) is 19.3 Å². The molecular weight excluding hydrogens is 415 g/mol. The van der Waals surface area contributed by atoms with Crippen LogP contribution in [-0.4, -0.2) is 25.0 Å². The van der Waals surface area contributed by atoms with E-state index in [1.165, 1.54) is 24.5 Å². The summed E-state index contributed by atoms with van der Waals surface area (Å²) in [6.07, 6.45) is 1.45. The molecule has 0 aliphatic carbocycles. The lowest BCUT2D eigenvalue weighted by Crippen LogP contribution is -2.30. The van der Waals surface area contributed by atoms with Crippen LogP contribution < -0.4 is 16.5 Å². The molecule has 0 spiro atoms. The van der Waals surface area contributed by atoms with Crippen molar-refractivity contribution < 1.29 is 8.81 Å². The van der Waals surface area contributed by atoms with E-state index in [9.17, 15) is 14.0 Å². The Hall–Kier alpha value is -4.34. The van der Waals surface area contributed by atoms with Crippen molar-refractivity contribution >= 4 is 27.4 Å². The summed E-state index contributed by atoms with van der Waals surface area (Å²) in [7, 11) is 1.78. The van der Waals surface area contributed by atoms with E-state index in [0.717, 1.165) is 10.9 Å². The summed E-state index contributed by atoms with van der Waals surface area (Å²) < 4.78 is 21.2. The van der Waals surface area contributed by atoms with Gasteiger partial charge < -0.3 is 9.73 Å². The number of fused-ring (bicyclic) bond motifs is 1. The van der Waals surface area contributed by atoms with Gasteiger partial charge in [-0.15, -0.1) is 0 Å². The van der Waals surface area contributed by atoms with Crippen LogP contribution in [0.4, 0.5) is 10.1 Å². The molecule has 6 rings (SSSR count). The Bertz CT molecular complexity index is 1650. The molecule has 2 unspecified atom stereocenters. The zero-order chi connectivity index (χ0) is 22.0. The standard InChI is InChI=1S/C22H15FN6O3/c1-29-21(24-9-25-29)18-19(11-2-4-15-10(6-11)3-5-16(30)32-15)26-14-8-12(23)7-13-17(14)20(18)27-28-22(13)31/h2-9,18-19,26H,1H3,(H,28,31).